The van der Waals surface area contributed by atoms with Gasteiger partial charge in [0.15, 0.2) is 17.5 Å². The summed E-state index contributed by atoms with van der Waals surface area (Å²) in [5.74, 6) is 2.12. The number of nitrogens with zero attached hydrogens (tertiary/aromatic N) is 3. The normalized spacial score (nSPS) is 12.4. The monoisotopic (exact) mass is 1870 g/mol. The highest BCUT2D eigenvalue weighted by atomic mass is 15.0. The first-order valence-electron chi connectivity index (χ1n) is 54.2. The Bertz CT molecular complexity index is 6200. The molecule has 0 saturated carbocycles. The lowest BCUT2D eigenvalue weighted by Gasteiger charge is -2.35. The van der Waals surface area contributed by atoms with E-state index in [-0.39, 0.29) is 0 Å². The lowest BCUT2D eigenvalue weighted by atomic mass is 9.66. The molecule has 0 spiro atoms. The quantitative estimate of drug-likeness (QED) is 0.0367. The SMILES string of the molecule is CCCCCCc1ccc(-c2nc(-c3ccc(C)cc3)nc(-c3ccc(C)cc3)n2)cc1.CCCCCCc1ccc(C2(c3ccc(CCCCCC)cc3)c3cc(-c4c(C)cc(C)cc4C)ccc3-c3ccc(-c4c(C)cc(C)cc4C)cc32)cc1.CCCCCCc1ccc(C2(c3ccc(CCCCCC)cc3)c3cc(-c4c(C)cc(C)cc4C)ccc3-c3ccc(-c4c(C)cc(C)cc4C)cc32)cc1. The van der Waals surface area contributed by atoms with Gasteiger partial charge in [0.05, 0.1) is 10.8 Å². The topological polar surface area (TPSA) is 38.7 Å². The molecule has 0 saturated heterocycles. The summed E-state index contributed by atoms with van der Waals surface area (Å²) >= 11 is 0. The zero-order valence-corrected chi connectivity index (χ0v) is 89.2. The van der Waals surface area contributed by atoms with Gasteiger partial charge in [0, 0.05) is 16.7 Å². The third-order valence-corrected chi connectivity index (χ3v) is 30.7. The van der Waals surface area contributed by atoms with E-state index in [1.165, 1.54) is 345 Å². The van der Waals surface area contributed by atoms with E-state index < -0.39 is 10.8 Å². The molecule has 16 aromatic rings. The van der Waals surface area contributed by atoms with Crippen molar-refractivity contribution in [2.75, 3.05) is 0 Å². The van der Waals surface area contributed by atoms with E-state index in [0.717, 1.165) is 48.8 Å². The van der Waals surface area contributed by atoms with Gasteiger partial charge in [-0.25, -0.2) is 15.0 Å². The largest absolute Gasteiger partial charge is 0.208 e. The molecule has 0 atom stereocenters. The fourth-order valence-corrected chi connectivity index (χ4v) is 23.8. The van der Waals surface area contributed by atoms with E-state index in [2.05, 4.69) is 423 Å². The number of fused-ring (bicyclic) bond motifs is 6. The second kappa shape index (κ2) is 47.0. The number of hydrogen-bond acceptors (Lipinski definition) is 3. The Hall–Kier alpha value is -12.7. The molecule has 1 aromatic heterocycles. The van der Waals surface area contributed by atoms with Crippen LogP contribution in [0.5, 0.6) is 0 Å². The van der Waals surface area contributed by atoms with Crippen LogP contribution in [-0.2, 0) is 42.9 Å². The van der Waals surface area contributed by atoms with Crippen LogP contribution in [0.1, 0.15) is 313 Å². The summed E-state index contributed by atoms with van der Waals surface area (Å²) in [4.78, 5) is 14.5. The Kier molecular flexibility index (Phi) is 33.8. The van der Waals surface area contributed by atoms with Crippen LogP contribution in [-0.4, -0.2) is 15.0 Å². The second-order valence-corrected chi connectivity index (χ2v) is 42.2. The first-order valence-corrected chi connectivity index (χ1v) is 54.2. The van der Waals surface area contributed by atoms with Crippen molar-refractivity contribution in [3.05, 3.63) is 441 Å². The summed E-state index contributed by atoms with van der Waals surface area (Å²) in [6, 6.07) is 113. The maximum absolute atomic E-state index is 4.84. The molecule has 0 unspecified atom stereocenters. The average Bonchev–Trinajstić information content (AvgIpc) is 1.53. The first kappa shape index (κ1) is 102. The lowest BCUT2D eigenvalue weighted by molar-refractivity contribution is 0.666. The van der Waals surface area contributed by atoms with Gasteiger partial charge in [-0.05, 0) is 369 Å². The van der Waals surface area contributed by atoms with E-state index in [1.807, 2.05) is 0 Å². The third kappa shape index (κ3) is 22.7. The van der Waals surface area contributed by atoms with E-state index >= 15 is 0 Å². The fraction of sp³-hybridized carbons (Fsp3) is 0.331. The van der Waals surface area contributed by atoms with Crippen LogP contribution in [0.2, 0.25) is 0 Å². The Morgan fingerprint density at radius 3 is 0.535 bits per heavy atom. The minimum Gasteiger partial charge on any atom is -0.208 e. The molecule has 0 aliphatic heterocycles. The van der Waals surface area contributed by atoms with Gasteiger partial charge >= 0.3 is 0 Å². The molecule has 2 aliphatic rings. The summed E-state index contributed by atoms with van der Waals surface area (Å²) in [6.45, 7) is 42.7. The molecule has 726 valence electrons. The molecule has 0 amide bonds. The number of benzene rings is 15. The average molecular weight is 1870 g/mol. The zero-order valence-electron chi connectivity index (χ0n) is 89.2. The molecule has 0 fully saturated rings. The van der Waals surface area contributed by atoms with Crippen molar-refractivity contribution in [2.45, 2.75) is 303 Å². The maximum Gasteiger partial charge on any atom is 0.164 e. The zero-order chi connectivity index (χ0) is 99.7. The molecular formula is C139H155N3. The number of aryl methyl sites for hydroxylation is 19. The van der Waals surface area contributed by atoms with E-state index in [9.17, 15) is 0 Å². The highest BCUT2D eigenvalue weighted by Crippen LogP contribution is 2.61. The van der Waals surface area contributed by atoms with Gasteiger partial charge in [-0.3, -0.25) is 0 Å². The van der Waals surface area contributed by atoms with E-state index in [0.29, 0.717) is 17.5 Å². The van der Waals surface area contributed by atoms with Crippen molar-refractivity contribution >= 4 is 0 Å². The standard InChI is InChI=1S/2C55H62.C29H31N3/c2*1-9-11-13-15-17-43-19-25-47(26-20-43)55(48-27-21-44(22-28-48)18-16-14-12-10-2)51-35-45(53-39(5)31-37(3)32-40(53)6)23-29-49(51)50-30-24-46(36-52(50)55)54-41(7)33-38(4)34-42(54)8;1-4-5-6-7-8-23-13-19-26(20-14-23)29-31-27(24-15-9-21(2)10-16-24)30-28(32-29)25-17-11-22(3)12-18-25/h2*19-36H,9-18H2,1-8H3;9-20H,4-8H2,1-3H3. The summed E-state index contributed by atoms with van der Waals surface area (Å²) in [6.07, 6.45) is 31.3. The second-order valence-electron chi connectivity index (χ2n) is 42.2. The van der Waals surface area contributed by atoms with Crippen molar-refractivity contribution in [2.24, 2.45) is 0 Å². The minimum atomic E-state index is -0.475. The van der Waals surface area contributed by atoms with Crippen LogP contribution in [0.3, 0.4) is 0 Å². The first-order chi connectivity index (χ1) is 68.9. The van der Waals surface area contributed by atoms with Gasteiger partial charge in [-0.2, -0.15) is 0 Å². The van der Waals surface area contributed by atoms with Crippen LogP contribution in [0.4, 0.5) is 0 Å². The van der Waals surface area contributed by atoms with Crippen LogP contribution < -0.4 is 0 Å². The summed E-state index contributed by atoms with van der Waals surface area (Å²) in [7, 11) is 0. The van der Waals surface area contributed by atoms with Crippen LogP contribution in [0, 0.1) is 96.9 Å². The molecule has 0 radical (unpaired) electrons. The van der Waals surface area contributed by atoms with Crippen molar-refractivity contribution in [3.8, 4) is 101 Å². The summed E-state index contributed by atoms with van der Waals surface area (Å²) in [5.41, 5.74) is 54.6. The van der Waals surface area contributed by atoms with Gasteiger partial charge in [0.1, 0.15) is 0 Å². The third-order valence-electron chi connectivity index (χ3n) is 30.7. The highest BCUT2D eigenvalue weighted by molar-refractivity contribution is 5.94. The van der Waals surface area contributed by atoms with Crippen molar-refractivity contribution in [3.63, 3.8) is 0 Å². The molecule has 142 heavy (non-hydrogen) atoms. The van der Waals surface area contributed by atoms with Gasteiger partial charge < -0.3 is 0 Å². The Labute approximate surface area is 854 Å². The van der Waals surface area contributed by atoms with Crippen LogP contribution in [0.15, 0.2) is 291 Å². The molecule has 1 heterocycles. The number of hydrogen-bond donors (Lipinski definition) is 0. The Morgan fingerprint density at radius 1 is 0.169 bits per heavy atom. The van der Waals surface area contributed by atoms with Crippen LogP contribution >= 0.6 is 0 Å². The summed E-state index contributed by atoms with van der Waals surface area (Å²) in [5, 5.41) is 0. The molecule has 0 bridgehead atoms. The minimum absolute atomic E-state index is 0.475. The molecule has 3 heteroatoms. The lowest BCUT2D eigenvalue weighted by Crippen LogP contribution is -2.29. The van der Waals surface area contributed by atoms with Gasteiger partial charge in [0.25, 0.3) is 0 Å². The van der Waals surface area contributed by atoms with Gasteiger partial charge in [-0.1, -0.05) is 431 Å². The Morgan fingerprint density at radius 2 is 0.345 bits per heavy atom. The molecule has 0 N–H and O–H groups in total. The van der Waals surface area contributed by atoms with Crippen molar-refractivity contribution in [1.29, 1.82) is 0 Å². The molecule has 18 rings (SSSR count). The smallest absolute Gasteiger partial charge is 0.164 e. The number of aromatic nitrogens is 3. The van der Waals surface area contributed by atoms with Crippen molar-refractivity contribution in [1.82, 2.24) is 15.0 Å². The molecular weight excluding hydrogens is 1710 g/mol. The molecule has 3 nitrogen and oxygen atoms in total. The summed E-state index contributed by atoms with van der Waals surface area (Å²) < 4.78 is 0. The number of rotatable bonds is 36. The molecule has 2 aliphatic carbocycles. The number of unbranched alkanes of at least 4 members (excludes halogenated alkanes) is 15. The van der Waals surface area contributed by atoms with E-state index in [4.69, 9.17) is 15.0 Å². The molecule has 15 aromatic carbocycles. The highest BCUT2D eigenvalue weighted by Gasteiger charge is 2.49. The van der Waals surface area contributed by atoms with Gasteiger partial charge in [-0.15, -0.1) is 0 Å². The maximum atomic E-state index is 4.84. The van der Waals surface area contributed by atoms with Gasteiger partial charge in [0.2, 0.25) is 0 Å². The predicted octanol–water partition coefficient (Wildman–Crippen LogP) is 38.6. The van der Waals surface area contributed by atoms with E-state index in [1.54, 1.807) is 0 Å². The fourth-order valence-electron chi connectivity index (χ4n) is 23.8. The predicted molar refractivity (Wildman–Crippen MR) is 611 cm³/mol. The Balaban J connectivity index is 0.000000159. The van der Waals surface area contributed by atoms with Crippen LogP contribution in [0.25, 0.3) is 101 Å². The van der Waals surface area contributed by atoms with Crippen molar-refractivity contribution < 1.29 is 0 Å².